The van der Waals surface area contributed by atoms with Gasteiger partial charge in [-0.05, 0) is 37.6 Å². The molecule has 3 amide bonds. The van der Waals surface area contributed by atoms with Crippen LogP contribution in [-0.4, -0.2) is 44.1 Å². The van der Waals surface area contributed by atoms with Gasteiger partial charge >= 0.3 is 6.03 Å². The van der Waals surface area contributed by atoms with Crippen LogP contribution in [0.1, 0.15) is 18.9 Å². The maximum Gasteiger partial charge on any atom is 0.325 e. The summed E-state index contributed by atoms with van der Waals surface area (Å²) < 4.78 is 10.4. The standard InChI is InChI=1S/C15H21N3O4/c1-15(10-5-6-11(21-2)12(9-10)22-3)13(19)18(8-4-7-16)14(20)17-15/h5-6,9H,4,7-8,16H2,1-3H3,(H,17,20). The third-order valence-electron chi connectivity index (χ3n) is 3.82. The van der Waals surface area contributed by atoms with Crippen LogP contribution in [0.5, 0.6) is 11.5 Å². The van der Waals surface area contributed by atoms with Crippen molar-refractivity contribution in [1.29, 1.82) is 0 Å². The van der Waals surface area contributed by atoms with Crippen molar-refractivity contribution in [2.45, 2.75) is 18.9 Å². The fourth-order valence-corrected chi connectivity index (χ4v) is 2.49. The number of urea groups is 1. The van der Waals surface area contributed by atoms with Crippen molar-refractivity contribution < 1.29 is 19.1 Å². The number of hydrogen-bond donors (Lipinski definition) is 2. The number of amides is 3. The minimum absolute atomic E-state index is 0.293. The van der Waals surface area contributed by atoms with Gasteiger partial charge in [-0.2, -0.15) is 0 Å². The SMILES string of the molecule is COc1ccc(C2(C)NC(=O)N(CCCN)C2=O)cc1OC. The van der Waals surface area contributed by atoms with Crippen LogP contribution in [-0.2, 0) is 10.3 Å². The van der Waals surface area contributed by atoms with E-state index in [0.717, 1.165) is 0 Å². The molecule has 1 aromatic carbocycles. The number of nitrogens with zero attached hydrogens (tertiary/aromatic N) is 1. The van der Waals surface area contributed by atoms with E-state index in [1.165, 1.54) is 19.1 Å². The summed E-state index contributed by atoms with van der Waals surface area (Å²) in [6.45, 7) is 2.41. The van der Waals surface area contributed by atoms with Gasteiger partial charge in [-0.3, -0.25) is 9.69 Å². The predicted molar refractivity (Wildman–Crippen MR) is 80.8 cm³/mol. The van der Waals surface area contributed by atoms with E-state index < -0.39 is 11.6 Å². The first-order chi connectivity index (χ1) is 10.5. The fourth-order valence-electron chi connectivity index (χ4n) is 2.49. The van der Waals surface area contributed by atoms with Crippen LogP contribution in [0.3, 0.4) is 0 Å². The van der Waals surface area contributed by atoms with Crippen LogP contribution in [0.2, 0.25) is 0 Å². The largest absolute Gasteiger partial charge is 0.493 e. The number of carbonyl (C=O) groups is 2. The van der Waals surface area contributed by atoms with E-state index in [1.807, 2.05) is 0 Å². The summed E-state index contributed by atoms with van der Waals surface area (Å²) in [5.74, 6) is 0.772. The Bertz CT molecular complexity index is 590. The van der Waals surface area contributed by atoms with Crippen molar-refractivity contribution in [3.8, 4) is 11.5 Å². The summed E-state index contributed by atoms with van der Waals surface area (Å²) >= 11 is 0. The Hall–Kier alpha value is -2.28. The molecule has 120 valence electrons. The molecule has 0 saturated carbocycles. The quantitative estimate of drug-likeness (QED) is 0.759. The van der Waals surface area contributed by atoms with Crippen LogP contribution in [0.4, 0.5) is 4.79 Å². The van der Waals surface area contributed by atoms with E-state index in [-0.39, 0.29) is 5.91 Å². The summed E-state index contributed by atoms with van der Waals surface area (Å²) in [6, 6.07) is 4.74. The third kappa shape index (κ3) is 2.59. The summed E-state index contributed by atoms with van der Waals surface area (Å²) in [6.07, 6.45) is 0.571. The molecule has 0 radical (unpaired) electrons. The molecule has 1 aromatic rings. The summed E-state index contributed by atoms with van der Waals surface area (Å²) in [5, 5.41) is 2.74. The molecular weight excluding hydrogens is 286 g/mol. The van der Waals surface area contributed by atoms with Crippen molar-refractivity contribution >= 4 is 11.9 Å². The smallest absolute Gasteiger partial charge is 0.325 e. The first kappa shape index (κ1) is 16.1. The van der Waals surface area contributed by atoms with E-state index in [1.54, 1.807) is 25.1 Å². The molecule has 1 unspecified atom stereocenters. The number of nitrogens with two attached hydrogens (primary N) is 1. The van der Waals surface area contributed by atoms with Crippen LogP contribution >= 0.6 is 0 Å². The Morgan fingerprint density at radius 1 is 1.23 bits per heavy atom. The first-order valence-corrected chi connectivity index (χ1v) is 7.04. The van der Waals surface area contributed by atoms with Gasteiger partial charge < -0.3 is 20.5 Å². The number of carbonyl (C=O) groups excluding carboxylic acids is 2. The zero-order valence-electron chi connectivity index (χ0n) is 13.0. The van der Waals surface area contributed by atoms with Gasteiger partial charge in [-0.1, -0.05) is 6.07 Å². The van der Waals surface area contributed by atoms with Crippen molar-refractivity contribution in [2.75, 3.05) is 27.3 Å². The van der Waals surface area contributed by atoms with Crippen LogP contribution in [0.15, 0.2) is 18.2 Å². The molecule has 22 heavy (non-hydrogen) atoms. The van der Waals surface area contributed by atoms with Crippen LogP contribution < -0.4 is 20.5 Å². The zero-order chi connectivity index (χ0) is 16.3. The Kier molecular flexibility index (Phi) is 4.56. The molecule has 1 aliphatic rings. The molecule has 7 nitrogen and oxygen atoms in total. The number of rotatable bonds is 6. The van der Waals surface area contributed by atoms with E-state index in [4.69, 9.17) is 15.2 Å². The summed E-state index contributed by atoms with van der Waals surface area (Å²) in [7, 11) is 3.06. The monoisotopic (exact) mass is 307 g/mol. The van der Waals surface area contributed by atoms with Gasteiger partial charge in [0.05, 0.1) is 14.2 Å². The molecule has 0 spiro atoms. The van der Waals surface area contributed by atoms with Gasteiger partial charge in [0.2, 0.25) is 0 Å². The average molecular weight is 307 g/mol. The molecule has 2 rings (SSSR count). The molecule has 1 aliphatic heterocycles. The lowest BCUT2D eigenvalue weighted by Crippen LogP contribution is -2.41. The highest BCUT2D eigenvalue weighted by atomic mass is 16.5. The average Bonchev–Trinajstić information content (AvgIpc) is 2.75. The second-order valence-corrected chi connectivity index (χ2v) is 5.22. The molecule has 0 aromatic heterocycles. The molecular formula is C15H21N3O4. The number of benzene rings is 1. The van der Waals surface area contributed by atoms with Gasteiger partial charge in [0.15, 0.2) is 11.5 Å². The first-order valence-electron chi connectivity index (χ1n) is 7.04. The highest BCUT2D eigenvalue weighted by molar-refractivity contribution is 6.07. The predicted octanol–water partition coefficient (Wildman–Crippen LogP) is 0.820. The lowest BCUT2D eigenvalue weighted by Gasteiger charge is -2.23. The second kappa shape index (κ2) is 6.23. The molecule has 1 saturated heterocycles. The molecule has 1 atom stereocenters. The lowest BCUT2D eigenvalue weighted by atomic mass is 9.91. The zero-order valence-corrected chi connectivity index (χ0v) is 13.0. The summed E-state index contributed by atoms with van der Waals surface area (Å²) in [5.41, 5.74) is 4.96. The summed E-state index contributed by atoms with van der Waals surface area (Å²) in [4.78, 5) is 25.9. The van der Waals surface area contributed by atoms with Gasteiger partial charge in [-0.25, -0.2) is 4.79 Å². The minimum Gasteiger partial charge on any atom is -0.493 e. The van der Waals surface area contributed by atoms with E-state index in [2.05, 4.69) is 5.32 Å². The Labute approximate surface area is 129 Å². The van der Waals surface area contributed by atoms with E-state index in [9.17, 15) is 9.59 Å². The Morgan fingerprint density at radius 3 is 2.50 bits per heavy atom. The second-order valence-electron chi connectivity index (χ2n) is 5.22. The lowest BCUT2D eigenvalue weighted by molar-refractivity contribution is -0.131. The highest BCUT2D eigenvalue weighted by Gasteiger charge is 2.48. The minimum atomic E-state index is -1.12. The van der Waals surface area contributed by atoms with Crippen LogP contribution in [0.25, 0.3) is 0 Å². The van der Waals surface area contributed by atoms with Crippen molar-refractivity contribution in [2.24, 2.45) is 5.73 Å². The number of ether oxygens (including phenoxy) is 2. The van der Waals surface area contributed by atoms with Gasteiger partial charge in [0.1, 0.15) is 5.54 Å². The normalized spacial score (nSPS) is 21.0. The molecule has 0 aliphatic carbocycles. The molecule has 1 fully saturated rings. The number of imide groups is 1. The topological polar surface area (TPSA) is 93.9 Å². The molecule has 7 heteroatoms. The van der Waals surface area contributed by atoms with Gasteiger partial charge in [0.25, 0.3) is 5.91 Å². The Balaban J connectivity index is 2.35. The highest BCUT2D eigenvalue weighted by Crippen LogP contribution is 2.35. The third-order valence-corrected chi connectivity index (χ3v) is 3.82. The van der Waals surface area contributed by atoms with Gasteiger partial charge in [0, 0.05) is 6.54 Å². The number of hydrogen-bond acceptors (Lipinski definition) is 5. The Morgan fingerprint density at radius 2 is 1.91 bits per heavy atom. The maximum atomic E-state index is 12.6. The molecule has 3 N–H and O–H groups in total. The van der Waals surface area contributed by atoms with Crippen molar-refractivity contribution in [1.82, 2.24) is 10.2 Å². The van der Waals surface area contributed by atoms with E-state index >= 15 is 0 Å². The van der Waals surface area contributed by atoms with Crippen molar-refractivity contribution in [3.63, 3.8) is 0 Å². The molecule has 1 heterocycles. The number of methoxy groups -OCH3 is 2. The van der Waals surface area contributed by atoms with Crippen LogP contribution in [0, 0.1) is 0 Å². The van der Waals surface area contributed by atoms with E-state index in [0.29, 0.717) is 36.6 Å². The fraction of sp³-hybridized carbons (Fsp3) is 0.467. The van der Waals surface area contributed by atoms with Gasteiger partial charge in [-0.15, -0.1) is 0 Å². The maximum absolute atomic E-state index is 12.6. The number of nitrogens with one attached hydrogen (secondary N) is 1. The van der Waals surface area contributed by atoms with Crippen molar-refractivity contribution in [3.05, 3.63) is 23.8 Å². The molecule has 0 bridgehead atoms.